The van der Waals surface area contributed by atoms with Crippen LogP contribution in [0.15, 0.2) is 41.1 Å². The van der Waals surface area contributed by atoms with E-state index in [-0.39, 0.29) is 46.6 Å². The minimum atomic E-state index is -0.686. The Kier molecular flexibility index (Phi) is 11.2. The van der Waals surface area contributed by atoms with Crippen molar-refractivity contribution in [3.8, 4) is 11.3 Å². The minimum Gasteiger partial charge on any atom is -0.453 e. The molecule has 5 fully saturated rings. The number of nitrogens with zero attached hydrogens (tertiary/aromatic N) is 4. The van der Waals surface area contributed by atoms with Crippen LogP contribution in [0.5, 0.6) is 0 Å². The van der Waals surface area contributed by atoms with Crippen LogP contribution in [-0.4, -0.2) is 88.1 Å². The number of alkyl carbamates (subject to hydrolysis) is 2. The quantitative estimate of drug-likeness (QED) is 0.192. The first-order valence-corrected chi connectivity index (χ1v) is 20.3. The molecule has 3 saturated carbocycles. The van der Waals surface area contributed by atoms with Crippen molar-refractivity contribution in [3.05, 3.63) is 59.7 Å². The molecule has 0 spiro atoms. The Balaban J connectivity index is 0.994. The zero-order valence-corrected chi connectivity index (χ0v) is 33.6. The molecule has 4 heterocycles. The SMILES string of the molecule is COC(=O)N[C@H](C(=O)N1CCC[C@H]1c1ncc(-c2ccc(C34CCC(c5coc([C@@H]6CCCN6C(=O)[C@H](NC(=O)OC)C(C)C)n5)(CC3)CC4)cc2)[nH]1)C(C)C. The number of benzene rings is 1. The molecule has 8 rings (SSSR count). The van der Waals surface area contributed by atoms with E-state index in [1.165, 1.54) is 19.8 Å². The van der Waals surface area contributed by atoms with E-state index in [1.807, 2.05) is 50.0 Å². The second-order valence-corrected chi connectivity index (χ2v) is 17.0. The fourth-order valence-electron chi connectivity index (χ4n) is 9.70. The van der Waals surface area contributed by atoms with Crippen LogP contribution >= 0.6 is 0 Å². The van der Waals surface area contributed by atoms with E-state index in [0.29, 0.717) is 19.0 Å². The first-order valence-electron chi connectivity index (χ1n) is 20.3. The number of aromatic amines is 1. The second-order valence-electron chi connectivity index (χ2n) is 17.0. The average molecular weight is 772 g/mol. The summed E-state index contributed by atoms with van der Waals surface area (Å²) in [6, 6.07) is 7.08. The molecule has 302 valence electrons. The Hall–Kier alpha value is -4.88. The maximum Gasteiger partial charge on any atom is 0.407 e. The Morgan fingerprint density at radius 2 is 1.30 bits per heavy atom. The van der Waals surface area contributed by atoms with Gasteiger partial charge >= 0.3 is 12.2 Å². The van der Waals surface area contributed by atoms with Crippen LogP contribution in [0.1, 0.15) is 127 Å². The zero-order valence-electron chi connectivity index (χ0n) is 33.6. The van der Waals surface area contributed by atoms with Gasteiger partial charge in [0.15, 0.2) is 0 Å². The van der Waals surface area contributed by atoms with E-state index in [4.69, 9.17) is 23.9 Å². The summed E-state index contributed by atoms with van der Waals surface area (Å²) >= 11 is 0. The van der Waals surface area contributed by atoms with Crippen molar-refractivity contribution in [2.45, 2.75) is 127 Å². The van der Waals surface area contributed by atoms with E-state index in [9.17, 15) is 19.2 Å². The largest absolute Gasteiger partial charge is 0.453 e. The number of imidazole rings is 1. The highest BCUT2D eigenvalue weighted by Crippen LogP contribution is 2.58. The lowest BCUT2D eigenvalue weighted by molar-refractivity contribution is -0.136. The van der Waals surface area contributed by atoms with Gasteiger partial charge in [-0.05, 0) is 92.6 Å². The molecular weight excluding hydrogens is 715 g/mol. The first kappa shape index (κ1) is 39.4. The molecule has 3 aliphatic carbocycles. The summed E-state index contributed by atoms with van der Waals surface area (Å²) in [4.78, 5) is 68.2. The summed E-state index contributed by atoms with van der Waals surface area (Å²) in [5.74, 6) is 0.884. The number of H-pyrrole nitrogens is 1. The first-order chi connectivity index (χ1) is 26.9. The van der Waals surface area contributed by atoms with Gasteiger partial charge < -0.3 is 39.3 Å². The van der Waals surface area contributed by atoms with Gasteiger partial charge in [-0.2, -0.15) is 0 Å². The van der Waals surface area contributed by atoms with E-state index in [1.54, 1.807) is 0 Å². The topological polar surface area (TPSA) is 172 Å². The van der Waals surface area contributed by atoms with Gasteiger partial charge in [-0.1, -0.05) is 52.0 Å². The normalized spacial score (nSPS) is 25.7. The minimum absolute atomic E-state index is 0.0316. The van der Waals surface area contributed by atoms with E-state index in [2.05, 4.69) is 39.9 Å². The highest BCUT2D eigenvalue weighted by molar-refractivity contribution is 5.87. The highest BCUT2D eigenvalue weighted by Gasteiger charge is 2.52. The number of carbonyl (C=O) groups is 4. The van der Waals surface area contributed by atoms with Crippen molar-refractivity contribution in [1.82, 2.24) is 35.4 Å². The Labute approximate surface area is 328 Å². The molecule has 4 amide bonds. The second kappa shape index (κ2) is 15.9. The van der Waals surface area contributed by atoms with Crippen LogP contribution in [0.3, 0.4) is 0 Å². The summed E-state index contributed by atoms with van der Waals surface area (Å²) in [5, 5.41) is 5.43. The summed E-state index contributed by atoms with van der Waals surface area (Å²) in [6.45, 7) is 8.85. The summed E-state index contributed by atoms with van der Waals surface area (Å²) in [6.07, 6.45) is 12.0. The van der Waals surface area contributed by atoms with Crippen molar-refractivity contribution in [2.24, 2.45) is 11.8 Å². The van der Waals surface area contributed by atoms with Gasteiger partial charge in [0.05, 0.1) is 37.8 Å². The number of methoxy groups -OCH3 is 2. The van der Waals surface area contributed by atoms with Gasteiger partial charge in [-0.15, -0.1) is 0 Å². The Bertz CT molecular complexity index is 1880. The molecule has 4 atom stereocenters. The van der Waals surface area contributed by atoms with Crippen LogP contribution < -0.4 is 10.6 Å². The molecule has 2 aromatic heterocycles. The van der Waals surface area contributed by atoms with Crippen molar-refractivity contribution < 1.29 is 33.1 Å². The standard InChI is InChI=1S/C42H57N7O7/c1-25(2)33(46-39(52)54-5)37(50)48-21-7-9-30(48)35-43-23-29(44-35)27-11-13-28(14-12-27)41-15-18-42(19-16-41,20-17-41)32-24-56-36(45-32)31-10-8-22-49(31)38(51)34(26(3)4)47-40(53)55-6/h11-14,23-26,30-31,33-34H,7-10,15-22H2,1-6H3,(H,43,44)(H,46,52)(H,47,53)/t30-,31-,33-,34+,41?,42?/m0/s1. The van der Waals surface area contributed by atoms with Gasteiger partial charge in [0.2, 0.25) is 17.7 Å². The van der Waals surface area contributed by atoms with Gasteiger partial charge in [0.25, 0.3) is 0 Å². The predicted octanol–water partition coefficient (Wildman–Crippen LogP) is 6.70. The van der Waals surface area contributed by atoms with Crippen LogP contribution in [0.25, 0.3) is 11.3 Å². The number of rotatable bonds is 11. The number of nitrogens with one attached hydrogen (secondary N) is 3. The number of likely N-dealkylation sites (tertiary alicyclic amines) is 2. The molecule has 56 heavy (non-hydrogen) atoms. The molecule has 2 bridgehead atoms. The maximum atomic E-state index is 13.6. The Morgan fingerprint density at radius 3 is 1.84 bits per heavy atom. The molecule has 3 N–H and O–H groups in total. The fourth-order valence-corrected chi connectivity index (χ4v) is 9.70. The molecule has 0 radical (unpaired) electrons. The maximum absolute atomic E-state index is 13.6. The number of hydrogen-bond donors (Lipinski definition) is 3. The summed E-state index contributed by atoms with van der Waals surface area (Å²) in [5.41, 5.74) is 4.40. The predicted molar refractivity (Wildman–Crippen MR) is 207 cm³/mol. The molecule has 3 aromatic rings. The lowest BCUT2D eigenvalue weighted by Crippen LogP contribution is -2.51. The van der Waals surface area contributed by atoms with Gasteiger partial charge in [-0.25, -0.2) is 19.6 Å². The molecule has 2 aliphatic heterocycles. The van der Waals surface area contributed by atoms with Crippen LogP contribution in [0, 0.1) is 11.8 Å². The zero-order chi connectivity index (χ0) is 39.8. The summed E-state index contributed by atoms with van der Waals surface area (Å²) < 4.78 is 15.7. The molecule has 5 aliphatic rings. The monoisotopic (exact) mass is 771 g/mol. The van der Waals surface area contributed by atoms with Gasteiger partial charge in [0.1, 0.15) is 30.2 Å². The highest BCUT2D eigenvalue weighted by atomic mass is 16.5. The number of carbonyl (C=O) groups excluding carboxylic acids is 4. The number of fused-ring (bicyclic) bond motifs is 3. The average Bonchev–Trinajstić information content (AvgIpc) is 4.06. The molecule has 1 aromatic carbocycles. The van der Waals surface area contributed by atoms with Crippen LogP contribution in [0.2, 0.25) is 0 Å². The number of ether oxygens (including phenoxy) is 2. The third kappa shape index (κ3) is 7.38. The smallest absolute Gasteiger partial charge is 0.407 e. The third-order valence-corrected chi connectivity index (χ3v) is 13.2. The number of hydrogen-bond acceptors (Lipinski definition) is 9. The number of oxazole rings is 1. The van der Waals surface area contributed by atoms with E-state index >= 15 is 0 Å². The number of amides is 4. The molecule has 0 unspecified atom stereocenters. The lowest BCUT2D eigenvalue weighted by Gasteiger charge is -2.53. The molecular formula is C42H57N7O7. The molecule has 14 nitrogen and oxygen atoms in total. The Morgan fingerprint density at radius 1 is 0.786 bits per heavy atom. The third-order valence-electron chi connectivity index (χ3n) is 13.2. The van der Waals surface area contributed by atoms with E-state index < -0.39 is 24.3 Å². The van der Waals surface area contributed by atoms with Crippen LogP contribution in [0.4, 0.5) is 9.59 Å². The van der Waals surface area contributed by atoms with Gasteiger partial charge in [-0.3, -0.25) is 9.59 Å². The number of aromatic nitrogens is 3. The van der Waals surface area contributed by atoms with Crippen molar-refractivity contribution in [3.63, 3.8) is 0 Å². The molecule has 14 heteroatoms. The van der Waals surface area contributed by atoms with Crippen LogP contribution in [-0.2, 0) is 29.9 Å². The lowest BCUT2D eigenvalue weighted by atomic mass is 9.51. The van der Waals surface area contributed by atoms with E-state index in [0.717, 1.165) is 87.0 Å². The van der Waals surface area contributed by atoms with Gasteiger partial charge in [0, 0.05) is 18.5 Å². The van der Waals surface area contributed by atoms with Crippen molar-refractivity contribution in [2.75, 3.05) is 27.3 Å². The van der Waals surface area contributed by atoms with Crippen molar-refractivity contribution >= 4 is 24.0 Å². The summed E-state index contributed by atoms with van der Waals surface area (Å²) in [7, 11) is 2.60. The van der Waals surface area contributed by atoms with Crippen molar-refractivity contribution in [1.29, 1.82) is 0 Å². The molecule has 2 saturated heterocycles. The fraction of sp³-hybridized carbons (Fsp3) is 0.619.